The van der Waals surface area contributed by atoms with Crippen LogP contribution in [0, 0.1) is 0 Å². The first-order chi connectivity index (χ1) is 17.2. The number of carbonyl (C=O) groups excluding carboxylic acids is 2. The molecule has 1 aromatic heterocycles. The van der Waals surface area contributed by atoms with Crippen LogP contribution in [0.4, 0.5) is 22.0 Å². The van der Waals surface area contributed by atoms with Gasteiger partial charge in [-0.25, -0.2) is 9.78 Å². The molecule has 188 valence electrons. The van der Waals surface area contributed by atoms with Crippen molar-refractivity contribution >= 4 is 29.2 Å². The Bertz CT molecular complexity index is 1200. The van der Waals surface area contributed by atoms with Crippen LogP contribution in [0.1, 0.15) is 31.1 Å². The van der Waals surface area contributed by atoms with Crippen molar-refractivity contribution in [2.45, 2.75) is 26.4 Å². The predicted octanol–water partition coefficient (Wildman–Crippen LogP) is 5.10. The summed E-state index contributed by atoms with van der Waals surface area (Å²) in [5.74, 6) is 0.544. The lowest BCUT2D eigenvalue weighted by Crippen LogP contribution is -2.44. The van der Waals surface area contributed by atoms with Gasteiger partial charge in [-0.05, 0) is 63.2 Å². The SMILES string of the molecule is CN1CCN(c2ccc(C(=O)Nc3cc(-c4ccccc4)ccc3NC(=O)OC(C)(C)C)cn2)CC1. The van der Waals surface area contributed by atoms with Crippen molar-refractivity contribution in [3.8, 4) is 11.1 Å². The van der Waals surface area contributed by atoms with Crippen LogP contribution in [0.25, 0.3) is 11.1 Å². The van der Waals surface area contributed by atoms with Crippen molar-refractivity contribution in [3.05, 3.63) is 72.4 Å². The quantitative estimate of drug-likeness (QED) is 0.521. The number of hydrogen-bond donors (Lipinski definition) is 2. The van der Waals surface area contributed by atoms with Gasteiger partial charge in [0, 0.05) is 32.4 Å². The Morgan fingerprint density at radius 1 is 0.861 bits per heavy atom. The minimum atomic E-state index is -0.644. The van der Waals surface area contributed by atoms with E-state index in [4.69, 9.17) is 4.74 Å². The molecular formula is C28H33N5O3. The maximum Gasteiger partial charge on any atom is 0.412 e. The molecule has 0 spiro atoms. The standard InChI is InChI=1S/C28H33N5O3/c1-28(2,3)36-27(35)31-23-12-10-21(20-8-6-5-7-9-20)18-24(23)30-26(34)22-11-13-25(29-19-22)33-16-14-32(4)15-17-33/h5-13,18-19H,14-17H2,1-4H3,(H,30,34)(H,31,35). The first kappa shape index (κ1) is 25.2. The Labute approximate surface area is 212 Å². The Morgan fingerprint density at radius 2 is 1.58 bits per heavy atom. The number of carbonyl (C=O) groups is 2. The molecule has 3 aromatic rings. The van der Waals surface area contributed by atoms with E-state index in [0.29, 0.717) is 16.9 Å². The summed E-state index contributed by atoms with van der Waals surface area (Å²) >= 11 is 0. The number of anilines is 3. The molecule has 4 rings (SSSR count). The number of rotatable bonds is 5. The molecule has 0 unspecified atom stereocenters. The number of nitrogens with one attached hydrogen (secondary N) is 2. The third-order valence-corrected chi connectivity index (χ3v) is 5.85. The highest BCUT2D eigenvalue weighted by molar-refractivity contribution is 6.07. The zero-order chi connectivity index (χ0) is 25.7. The number of ether oxygens (including phenoxy) is 1. The Balaban J connectivity index is 1.55. The van der Waals surface area contributed by atoms with Gasteiger partial charge in [0.2, 0.25) is 0 Å². The highest BCUT2D eigenvalue weighted by Gasteiger charge is 2.19. The number of aromatic nitrogens is 1. The van der Waals surface area contributed by atoms with Crippen LogP contribution in [0.2, 0.25) is 0 Å². The molecule has 0 atom stereocenters. The van der Waals surface area contributed by atoms with E-state index in [0.717, 1.165) is 43.1 Å². The number of likely N-dealkylation sites (N-methyl/N-ethyl adjacent to an activating group) is 1. The predicted molar refractivity (Wildman–Crippen MR) is 144 cm³/mol. The molecular weight excluding hydrogens is 454 g/mol. The summed E-state index contributed by atoms with van der Waals surface area (Å²) < 4.78 is 5.40. The summed E-state index contributed by atoms with van der Waals surface area (Å²) in [6.45, 7) is 9.16. The van der Waals surface area contributed by atoms with E-state index in [1.54, 1.807) is 39.1 Å². The molecule has 8 nitrogen and oxygen atoms in total. The number of benzene rings is 2. The lowest BCUT2D eigenvalue weighted by atomic mass is 10.0. The van der Waals surface area contributed by atoms with Gasteiger partial charge in [-0.15, -0.1) is 0 Å². The summed E-state index contributed by atoms with van der Waals surface area (Å²) in [7, 11) is 2.11. The third-order valence-electron chi connectivity index (χ3n) is 5.85. The van der Waals surface area contributed by atoms with Gasteiger partial charge in [0.1, 0.15) is 11.4 Å². The van der Waals surface area contributed by atoms with Crippen LogP contribution in [-0.2, 0) is 4.74 Å². The molecule has 8 heteroatoms. The van der Waals surface area contributed by atoms with Gasteiger partial charge < -0.3 is 19.9 Å². The summed E-state index contributed by atoms with van der Waals surface area (Å²) in [4.78, 5) is 34.6. The Morgan fingerprint density at radius 3 is 2.22 bits per heavy atom. The molecule has 0 saturated carbocycles. The van der Waals surface area contributed by atoms with E-state index in [1.165, 1.54) is 0 Å². The second-order valence-electron chi connectivity index (χ2n) is 9.90. The molecule has 1 saturated heterocycles. The largest absolute Gasteiger partial charge is 0.444 e. The highest BCUT2D eigenvalue weighted by Crippen LogP contribution is 2.30. The summed E-state index contributed by atoms with van der Waals surface area (Å²) in [6, 6.07) is 19.0. The van der Waals surface area contributed by atoms with Gasteiger partial charge in [0.05, 0.1) is 16.9 Å². The van der Waals surface area contributed by atoms with Gasteiger partial charge in [0.15, 0.2) is 0 Å². The van der Waals surface area contributed by atoms with E-state index in [-0.39, 0.29) is 5.91 Å². The fourth-order valence-corrected chi connectivity index (χ4v) is 3.92. The second kappa shape index (κ2) is 10.8. The van der Waals surface area contributed by atoms with Crippen LogP contribution in [0.15, 0.2) is 66.9 Å². The fraction of sp³-hybridized carbons (Fsp3) is 0.321. The minimum absolute atomic E-state index is 0.315. The number of piperazine rings is 1. The van der Waals surface area contributed by atoms with Crippen molar-refractivity contribution in [1.29, 1.82) is 0 Å². The lowest BCUT2D eigenvalue weighted by Gasteiger charge is -2.33. The van der Waals surface area contributed by atoms with Crippen LogP contribution < -0.4 is 15.5 Å². The Kier molecular flexibility index (Phi) is 7.55. The van der Waals surface area contributed by atoms with Crippen LogP contribution >= 0.6 is 0 Å². The monoisotopic (exact) mass is 487 g/mol. The van der Waals surface area contributed by atoms with E-state index >= 15 is 0 Å². The average Bonchev–Trinajstić information content (AvgIpc) is 2.85. The number of hydrogen-bond acceptors (Lipinski definition) is 6. The zero-order valence-electron chi connectivity index (χ0n) is 21.2. The number of pyridine rings is 1. The average molecular weight is 488 g/mol. The molecule has 0 aliphatic carbocycles. The van der Waals surface area contributed by atoms with Crippen molar-refractivity contribution in [1.82, 2.24) is 9.88 Å². The first-order valence-corrected chi connectivity index (χ1v) is 12.1. The van der Waals surface area contributed by atoms with E-state index < -0.39 is 11.7 Å². The van der Waals surface area contributed by atoms with E-state index in [9.17, 15) is 9.59 Å². The third kappa shape index (κ3) is 6.60. The zero-order valence-corrected chi connectivity index (χ0v) is 21.2. The highest BCUT2D eigenvalue weighted by atomic mass is 16.6. The van der Waals surface area contributed by atoms with Gasteiger partial charge in [-0.2, -0.15) is 0 Å². The second-order valence-corrected chi connectivity index (χ2v) is 9.90. The van der Waals surface area contributed by atoms with Crippen molar-refractivity contribution in [2.24, 2.45) is 0 Å². The molecule has 2 N–H and O–H groups in total. The first-order valence-electron chi connectivity index (χ1n) is 12.1. The summed E-state index contributed by atoms with van der Waals surface area (Å²) in [5.41, 5.74) is 2.60. The van der Waals surface area contributed by atoms with Gasteiger partial charge in [-0.3, -0.25) is 10.1 Å². The number of amides is 2. The lowest BCUT2D eigenvalue weighted by molar-refractivity contribution is 0.0635. The van der Waals surface area contributed by atoms with Crippen molar-refractivity contribution in [2.75, 3.05) is 48.8 Å². The van der Waals surface area contributed by atoms with Gasteiger partial charge >= 0.3 is 6.09 Å². The molecule has 0 bridgehead atoms. The van der Waals surface area contributed by atoms with Crippen molar-refractivity contribution < 1.29 is 14.3 Å². The molecule has 0 radical (unpaired) electrons. The Hall–Kier alpha value is -3.91. The topological polar surface area (TPSA) is 86.8 Å². The van der Waals surface area contributed by atoms with Crippen LogP contribution in [0.5, 0.6) is 0 Å². The number of nitrogens with zero attached hydrogens (tertiary/aromatic N) is 3. The minimum Gasteiger partial charge on any atom is -0.444 e. The molecule has 1 aliphatic heterocycles. The van der Waals surface area contributed by atoms with Crippen LogP contribution in [0.3, 0.4) is 0 Å². The molecule has 2 aromatic carbocycles. The van der Waals surface area contributed by atoms with Crippen molar-refractivity contribution in [3.63, 3.8) is 0 Å². The maximum atomic E-state index is 13.1. The maximum absolute atomic E-state index is 13.1. The van der Waals surface area contributed by atoms with E-state index in [2.05, 4.69) is 32.5 Å². The van der Waals surface area contributed by atoms with Gasteiger partial charge in [-0.1, -0.05) is 36.4 Å². The molecule has 1 aliphatic rings. The molecule has 36 heavy (non-hydrogen) atoms. The summed E-state index contributed by atoms with van der Waals surface area (Å²) in [5, 5.41) is 5.70. The molecule has 2 heterocycles. The normalized spacial score (nSPS) is 14.3. The molecule has 2 amide bonds. The fourth-order valence-electron chi connectivity index (χ4n) is 3.92. The molecule has 1 fully saturated rings. The smallest absolute Gasteiger partial charge is 0.412 e. The summed E-state index contributed by atoms with van der Waals surface area (Å²) in [6.07, 6.45) is 0.994. The van der Waals surface area contributed by atoms with Crippen LogP contribution in [-0.4, -0.2) is 60.7 Å². The van der Waals surface area contributed by atoms with Gasteiger partial charge in [0.25, 0.3) is 5.91 Å². The van der Waals surface area contributed by atoms with E-state index in [1.807, 2.05) is 48.5 Å².